The van der Waals surface area contributed by atoms with Crippen molar-refractivity contribution in [3.8, 4) is 0 Å². The van der Waals surface area contributed by atoms with Crippen LogP contribution in [-0.2, 0) is 4.74 Å². The number of amides is 1. The number of ether oxygens (including phenoxy) is 1. The summed E-state index contributed by atoms with van der Waals surface area (Å²) in [6.45, 7) is 1.84. The molecule has 0 spiro atoms. The summed E-state index contributed by atoms with van der Waals surface area (Å²) in [4.78, 5) is 27.3. The quantitative estimate of drug-likeness (QED) is 0.870. The first-order valence-corrected chi connectivity index (χ1v) is 6.02. The van der Waals surface area contributed by atoms with Gasteiger partial charge in [0.25, 0.3) is 5.91 Å². The second-order valence-electron chi connectivity index (χ2n) is 4.21. The number of esters is 1. The number of nitrogens with one attached hydrogen (secondary N) is 1. The monoisotopic (exact) mass is 270 g/mol. The number of nitrogens with zero attached hydrogens (tertiary/aromatic N) is 1. The van der Waals surface area contributed by atoms with Crippen LogP contribution in [0, 0.1) is 6.92 Å². The SMILES string of the molecule is COC(=O)c1ccc(NC(=O)c2cnccc2C)cc1. The highest BCUT2D eigenvalue weighted by Crippen LogP contribution is 2.13. The number of pyridine rings is 1. The third kappa shape index (κ3) is 3.00. The summed E-state index contributed by atoms with van der Waals surface area (Å²) in [6.07, 6.45) is 3.16. The van der Waals surface area contributed by atoms with Crippen LogP contribution in [0.15, 0.2) is 42.7 Å². The number of hydrogen-bond donors (Lipinski definition) is 1. The number of aryl methyl sites for hydroxylation is 1. The van der Waals surface area contributed by atoms with Crippen LogP contribution >= 0.6 is 0 Å². The Morgan fingerprint density at radius 3 is 2.45 bits per heavy atom. The van der Waals surface area contributed by atoms with Crippen LogP contribution in [0.2, 0.25) is 0 Å². The van der Waals surface area contributed by atoms with Gasteiger partial charge in [0.05, 0.1) is 18.2 Å². The molecule has 0 bridgehead atoms. The van der Waals surface area contributed by atoms with Crippen LogP contribution in [0.25, 0.3) is 0 Å². The summed E-state index contributed by atoms with van der Waals surface area (Å²) in [5.74, 6) is -0.646. The molecule has 1 amide bonds. The van der Waals surface area contributed by atoms with Crippen LogP contribution in [0.1, 0.15) is 26.3 Å². The van der Waals surface area contributed by atoms with Crippen LogP contribution in [0.3, 0.4) is 0 Å². The first-order valence-electron chi connectivity index (χ1n) is 6.02. The lowest BCUT2D eigenvalue weighted by Gasteiger charge is -2.07. The summed E-state index contributed by atoms with van der Waals surface area (Å²) >= 11 is 0. The number of carbonyl (C=O) groups is 2. The van der Waals surface area contributed by atoms with Gasteiger partial charge in [-0.25, -0.2) is 4.79 Å². The van der Waals surface area contributed by atoms with Gasteiger partial charge in [-0.2, -0.15) is 0 Å². The van der Waals surface area contributed by atoms with Crippen molar-refractivity contribution in [3.05, 3.63) is 59.4 Å². The number of methoxy groups -OCH3 is 1. The average Bonchev–Trinajstić information content (AvgIpc) is 2.47. The molecule has 5 heteroatoms. The van der Waals surface area contributed by atoms with Gasteiger partial charge in [0.2, 0.25) is 0 Å². The van der Waals surface area contributed by atoms with E-state index < -0.39 is 5.97 Å². The largest absolute Gasteiger partial charge is 0.465 e. The molecule has 2 rings (SSSR count). The van der Waals surface area contributed by atoms with Crippen LogP contribution < -0.4 is 5.32 Å². The van der Waals surface area contributed by atoms with Crippen LogP contribution in [0.5, 0.6) is 0 Å². The topological polar surface area (TPSA) is 68.3 Å². The minimum absolute atomic E-state index is 0.235. The van der Waals surface area contributed by atoms with Gasteiger partial charge in [-0.3, -0.25) is 9.78 Å². The Morgan fingerprint density at radius 1 is 1.15 bits per heavy atom. The molecule has 0 saturated heterocycles. The van der Waals surface area contributed by atoms with E-state index >= 15 is 0 Å². The van der Waals surface area contributed by atoms with E-state index in [1.165, 1.54) is 13.3 Å². The molecule has 1 aromatic heterocycles. The molecule has 102 valence electrons. The third-order valence-corrected chi connectivity index (χ3v) is 2.85. The molecule has 0 aliphatic heterocycles. The highest BCUT2D eigenvalue weighted by Gasteiger charge is 2.10. The van der Waals surface area contributed by atoms with Crippen LogP contribution in [0.4, 0.5) is 5.69 Å². The Balaban J connectivity index is 2.13. The summed E-state index contributed by atoms with van der Waals surface area (Å²) < 4.78 is 4.61. The summed E-state index contributed by atoms with van der Waals surface area (Å²) in [7, 11) is 1.32. The molecule has 0 atom stereocenters. The molecule has 2 aromatic rings. The molecule has 5 nitrogen and oxygen atoms in total. The fraction of sp³-hybridized carbons (Fsp3) is 0.133. The summed E-state index contributed by atoms with van der Waals surface area (Å²) in [6, 6.07) is 8.26. The van der Waals surface area contributed by atoms with Gasteiger partial charge in [0.15, 0.2) is 0 Å². The van der Waals surface area contributed by atoms with E-state index in [9.17, 15) is 9.59 Å². The van der Waals surface area contributed by atoms with Gasteiger partial charge in [-0.05, 0) is 42.8 Å². The smallest absolute Gasteiger partial charge is 0.337 e. The Hall–Kier alpha value is -2.69. The lowest BCUT2D eigenvalue weighted by molar-refractivity contribution is 0.0600. The Labute approximate surface area is 116 Å². The Kier molecular flexibility index (Phi) is 4.10. The van der Waals surface area contributed by atoms with Crippen LogP contribution in [-0.4, -0.2) is 24.0 Å². The lowest BCUT2D eigenvalue weighted by Crippen LogP contribution is -2.13. The molecule has 0 fully saturated rings. The maximum Gasteiger partial charge on any atom is 0.337 e. The van der Waals surface area contributed by atoms with Crippen molar-refractivity contribution in [3.63, 3.8) is 0 Å². The van der Waals surface area contributed by atoms with E-state index in [0.717, 1.165) is 5.56 Å². The minimum Gasteiger partial charge on any atom is -0.465 e. The fourth-order valence-electron chi connectivity index (χ4n) is 1.71. The molecule has 0 aliphatic carbocycles. The second kappa shape index (κ2) is 5.97. The van der Waals surface area contributed by atoms with Gasteiger partial charge in [-0.1, -0.05) is 0 Å². The molecular formula is C15H14N2O3. The Morgan fingerprint density at radius 2 is 1.85 bits per heavy atom. The van der Waals surface area contributed by atoms with Gasteiger partial charge >= 0.3 is 5.97 Å². The van der Waals surface area contributed by atoms with Crippen molar-refractivity contribution in [2.45, 2.75) is 6.92 Å². The number of benzene rings is 1. The maximum absolute atomic E-state index is 12.1. The average molecular weight is 270 g/mol. The molecule has 0 aliphatic rings. The maximum atomic E-state index is 12.1. The molecule has 20 heavy (non-hydrogen) atoms. The number of aromatic nitrogens is 1. The van der Waals surface area contributed by atoms with Crippen molar-refractivity contribution in [1.82, 2.24) is 4.98 Å². The van der Waals surface area contributed by atoms with Gasteiger partial charge < -0.3 is 10.1 Å². The molecule has 0 radical (unpaired) electrons. The number of anilines is 1. The first kappa shape index (κ1) is 13.7. The highest BCUT2D eigenvalue weighted by atomic mass is 16.5. The molecule has 0 unspecified atom stereocenters. The summed E-state index contributed by atoms with van der Waals surface area (Å²) in [5.41, 5.74) is 2.40. The lowest BCUT2D eigenvalue weighted by atomic mass is 10.1. The molecule has 1 aromatic carbocycles. The Bertz CT molecular complexity index is 636. The predicted octanol–water partition coefficient (Wildman–Crippen LogP) is 2.43. The van der Waals surface area contributed by atoms with Gasteiger partial charge in [0, 0.05) is 18.1 Å². The number of rotatable bonds is 3. The highest BCUT2D eigenvalue weighted by molar-refractivity contribution is 6.05. The standard InChI is InChI=1S/C15H14N2O3/c1-10-7-8-16-9-13(10)14(18)17-12-5-3-11(4-6-12)15(19)20-2/h3-9H,1-2H3,(H,17,18). The zero-order valence-corrected chi connectivity index (χ0v) is 11.2. The second-order valence-corrected chi connectivity index (χ2v) is 4.21. The van der Waals surface area contributed by atoms with Gasteiger partial charge in [0.1, 0.15) is 0 Å². The van der Waals surface area contributed by atoms with Crippen molar-refractivity contribution >= 4 is 17.6 Å². The minimum atomic E-state index is -0.411. The van der Waals surface area contributed by atoms with E-state index in [4.69, 9.17) is 0 Å². The van der Waals surface area contributed by atoms with E-state index in [0.29, 0.717) is 16.8 Å². The predicted molar refractivity (Wildman–Crippen MR) is 74.7 cm³/mol. The zero-order chi connectivity index (χ0) is 14.5. The zero-order valence-electron chi connectivity index (χ0n) is 11.2. The number of hydrogen-bond acceptors (Lipinski definition) is 4. The molecular weight excluding hydrogens is 256 g/mol. The van der Waals surface area contributed by atoms with E-state index in [1.54, 1.807) is 36.5 Å². The number of carbonyl (C=O) groups excluding carboxylic acids is 2. The fourth-order valence-corrected chi connectivity index (χ4v) is 1.71. The molecule has 1 N–H and O–H groups in total. The molecule has 1 heterocycles. The normalized spacial score (nSPS) is 9.90. The third-order valence-electron chi connectivity index (χ3n) is 2.85. The van der Waals surface area contributed by atoms with Crippen molar-refractivity contribution in [2.24, 2.45) is 0 Å². The summed E-state index contributed by atoms with van der Waals surface area (Å²) in [5, 5.41) is 2.75. The van der Waals surface area contributed by atoms with Crippen molar-refractivity contribution < 1.29 is 14.3 Å². The first-order chi connectivity index (χ1) is 9.61. The van der Waals surface area contributed by atoms with E-state index in [1.807, 2.05) is 6.92 Å². The van der Waals surface area contributed by atoms with Crippen molar-refractivity contribution in [2.75, 3.05) is 12.4 Å². The molecule has 0 saturated carbocycles. The van der Waals surface area contributed by atoms with E-state index in [-0.39, 0.29) is 5.91 Å². The van der Waals surface area contributed by atoms with Gasteiger partial charge in [-0.15, -0.1) is 0 Å². The van der Waals surface area contributed by atoms with E-state index in [2.05, 4.69) is 15.0 Å². The van der Waals surface area contributed by atoms with Crippen molar-refractivity contribution in [1.29, 1.82) is 0 Å².